The smallest absolute Gasteiger partial charge is 0.747 e. The molecule has 1 aliphatic rings. The van der Waals surface area contributed by atoms with Gasteiger partial charge in [-0.05, 0) is 11.6 Å². The number of hydrogen-bond donors (Lipinski definition) is 0. The number of imide groups is 1. The molecule has 1 aromatic carbocycles. The van der Waals surface area contributed by atoms with Crippen molar-refractivity contribution in [1.29, 1.82) is 0 Å². The first-order valence-corrected chi connectivity index (χ1v) is 7.90. The Bertz CT molecular complexity index is 988. The van der Waals surface area contributed by atoms with Crippen LogP contribution in [0.5, 0.6) is 0 Å². The molecule has 27 heavy (non-hydrogen) atoms. The van der Waals surface area contributed by atoms with E-state index in [1.165, 1.54) is 0 Å². The van der Waals surface area contributed by atoms with E-state index in [1.807, 2.05) is 0 Å². The molecule has 1 unspecified atom stereocenters. The number of amides is 2. The number of nitro benzene ring substituents is 1. The van der Waals surface area contributed by atoms with Gasteiger partial charge in [0.15, 0.2) is 0 Å². The summed E-state index contributed by atoms with van der Waals surface area (Å²) in [5, 5.41) is 11.7. The monoisotopic (exact) mass is 407 g/mol. The van der Waals surface area contributed by atoms with Crippen molar-refractivity contribution in [2.75, 3.05) is 0 Å². The van der Waals surface area contributed by atoms with Crippen molar-refractivity contribution in [3.05, 3.63) is 44.3 Å². The molecule has 136 valence electrons. The van der Waals surface area contributed by atoms with Gasteiger partial charge in [0, 0.05) is 16.7 Å². The van der Waals surface area contributed by atoms with Crippen molar-refractivity contribution in [3.8, 4) is 0 Å². The summed E-state index contributed by atoms with van der Waals surface area (Å²) >= 11 is 0. The van der Waals surface area contributed by atoms with E-state index in [9.17, 15) is 37.5 Å². The van der Waals surface area contributed by atoms with Gasteiger partial charge in [-0.15, -0.1) is 5.06 Å². The zero-order valence-corrected chi connectivity index (χ0v) is 16.2. The van der Waals surface area contributed by atoms with Crippen LogP contribution in [-0.2, 0) is 24.5 Å². The van der Waals surface area contributed by atoms with E-state index < -0.39 is 55.7 Å². The normalized spacial score (nSPS) is 16.3. The summed E-state index contributed by atoms with van der Waals surface area (Å²) in [5.74, 6) is -4.39. The molecule has 2 rings (SSSR count). The number of hydrogen-bond acceptors (Lipinski definition) is 10. The third-order valence-electron chi connectivity index (χ3n) is 3.14. The second kappa shape index (κ2) is 8.43. The van der Waals surface area contributed by atoms with E-state index in [1.54, 1.807) is 0 Å². The van der Waals surface area contributed by atoms with Crippen molar-refractivity contribution in [2.24, 2.45) is 5.11 Å². The molecule has 0 radical (unpaired) electrons. The molecular weight excluding hydrogens is 401 g/mol. The van der Waals surface area contributed by atoms with Crippen LogP contribution in [0.2, 0.25) is 0 Å². The Morgan fingerprint density at radius 3 is 2.52 bits per heavy atom. The summed E-state index contributed by atoms with van der Waals surface area (Å²) in [6.45, 7) is 0. The largest absolute Gasteiger partial charge is 1.00 e. The van der Waals surface area contributed by atoms with Gasteiger partial charge in [0.2, 0.25) is 0 Å². The molecule has 1 atom stereocenters. The van der Waals surface area contributed by atoms with Gasteiger partial charge in [0.05, 0.1) is 11.3 Å². The molecule has 0 spiro atoms. The van der Waals surface area contributed by atoms with Crippen molar-refractivity contribution in [3.63, 3.8) is 0 Å². The summed E-state index contributed by atoms with van der Waals surface area (Å²) < 4.78 is 32.7. The molecule has 14 nitrogen and oxygen atoms in total. The number of azide groups is 1. The van der Waals surface area contributed by atoms with Crippen LogP contribution in [0.15, 0.2) is 23.3 Å². The van der Waals surface area contributed by atoms with Crippen LogP contribution in [-0.4, -0.2) is 46.0 Å². The molecule has 0 aliphatic carbocycles. The fraction of sp³-hybridized carbons (Fsp3) is 0.182. The number of benzene rings is 1. The van der Waals surface area contributed by atoms with Gasteiger partial charge in [-0.2, -0.15) is 0 Å². The zero-order chi connectivity index (χ0) is 19.6. The minimum absolute atomic E-state index is 0. The molecule has 2 amide bonds. The summed E-state index contributed by atoms with van der Waals surface area (Å²) in [4.78, 5) is 52.2. The number of carbonyl (C=O) groups excluding carboxylic acids is 3. The molecule has 0 aromatic heterocycles. The Morgan fingerprint density at radius 2 is 2.04 bits per heavy atom. The molecule has 1 aliphatic heterocycles. The topological polar surface area (TPSA) is 213 Å². The Balaban J connectivity index is 0.00000364. The first-order chi connectivity index (χ1) is 12.1. The molecule has 16 heteroatoms. The molecular formula is C11H6N5NaO9S. The van der Waals surface area contributed by atoms with Crippen molar-refractivity contribution in [2.45, 2.75) is 11.7 Å². The number of carbonyl (C=O) groups is 3. The van der Waals surface area contributed by atoms with Gasteiger partial charge < -0.3 is 9.39 Å². The quantitative estimate of drug-likeness (QED) is 0.0723. The van der Waals surface area contributed by atoms with Crippen LogP contribution in [0, 0.1) is 10.1 Å². The van der Waals surface area contributed by atoms with Gasteiger partial charge in [0.1, 0.15) is 20.9 Å². The maximum absolute atomic E-state index is 12.0. The Hall–Kier alpha value is -2.55. The molecule has 1 fully saturated rings. The van der Waals surface area contributed by atoms with E-state index in [2.05, 4.69) is 14.9 Å². The van der Waals surface area contributed by atoms with Gasteiger partial charge >= 0.3 is 35.5 Å². The molecule has 0 bridgehead atoms. The summed E-state index contributed by atoms with van der Waals surface area (Å²) in [6.07, 6.45) is -1.02. The van der Waals surface area contributed by atoms with Crippen molar-refractivity contribution >= 4 is 39.3 Å². The van der Waals surface area contributed by atoms with Gasteiger partial charge in [-0.3, -0.25) is 19.7 Å². The van der Waals surface area contributed by atoms with E-state index in [0.29, 0.717) is 0 Å². The second-order valence-corrected chi connectivity index (χ2v) is 6.29. The number of hydroxylamine groups is 2. The number of nitro groups is 1. The molecule has 1 heterocycles. The van der Waals surface area contributed by atoms with Crippen molar-refractivity contribution < 1.29 is 66.7 Å². The summed E-state index contributed by atoms with van der Waals surface area (Å²) in [5.41, 5.74) is 6.55. The SMILES string of the molecule is [N-]=[N+]=Nc1ccc(C(=O)ON2C(=O)CC(S(=O)(=O)[O-])C2=O)c([N+](=O)[O-])c1.[Na+]. The van der Waals surface area contributed by atoms with Crippen LogP contribution in [0.1, 0.15) is 16.8 Å². The second-order valence-electron chi connectivity index (χ2n) is 4.74. The predicted octanol–water partition coefficient (Wildman–Crippen LogP) is -2.71. The minimum Gasteiger partial charge on any atom is -0.747 e. The summed E-state index contributed by atoms with van der Waals surface area (Å²) in [7, 11) is -5.16. The molecule has 1 aromatic rings. The van der Waals surface area contributed by atoms with Crippen LogP contribution >= 0.6 is 0 Å². The fourth-order valence-electron chi connectivity index (χ4n) is 1.99. The third kappa shape index (κ3) is 4.79. The number of nitrogens with zero attached hydrogens (tertiary/aromatic N) is 5. The Kier molecular flexibility index (Phi) is 7.02. The Morgan fingerprint density at radius 1 is 1.41 bits per heavy atom. The summed E-state index contributed by atoms with van der Waals surface area (Å²) in [6, 6.07) is 2.62. The van der Waals surface area contributed by atoms with E-state index in [4.69, 9.17) is 5.53 Å². The first-order valence-electron chi connectivity index (χ1n) is 6.43. The average Bonchev–Trinajstić information content (AvgIpc) is 2.83. The van der Waals surface area contributed by atoms with Gasteiger partial charge in [-0.25, -0.2) is 13.2 Å². The minimum atomic E-state index is -5.16. The van der Waals surface area contributed by atoms with E-state index in [-0.39, 0.29) is 40.3 Å². The molecule has 0 N–H and O–H groups in total. The average molecular weight is 407 g/mol. The van der Waals surface area contributed by atoms with Crippen molar-refractivity contribution in [1.82, 2.24) is 5.06 Å². The van der Waals surface area contributed by atoms with E-state index in [0.717, 1.165) is 18.2 Å². The van der Waals surface area contributed by atoms with Gasteiger partial charge in [-0.1, -0.05) is 11.2 Å². The molecule has 0 saturated carbocycles. The Labute approximate surface area is 171 Å². The standard InChI is InChI=1S/C11H7N5O9S.Na/c12-14-13-5-1-2-6(7(3-5)16(20)21)11(19)25-15-9(17)4-8(10(15)18)26(22,23)24;/h1-3,8H,4H2,(H,22,23,24);/q;+1/p-1. The fourth-order valence-corrected chi connectivity index (χ4v) is 2.68. The van der Waals surface area contributed by atoms with Crippen LogP contribution in [0.3, 0.4) is 0 Å². The predicted molar refractivity (Wildman–Crippen MR) is 77.3 cm³/mol. The van der Waals surface area contributed by atoms with E-state index >= 15 is 0 Å². The molecule has 1 saturated heterocycles. The zero-order valence-electron chi connectivity index (χ0n) is 13.3. The maximum atomic E-state index is 12.0. The maximum Gasteiger partial charge on any atom is 1.00 e. The number of rotatable bonds is 5. The van der Waals surface area contributed by atoms with Gasteiger partial charge in [0.25, 0.3) is 17.5 Å². The van der Waals surface area contributed by atoms with Crippen LogP contribution in [0.25, 0.3) is 10.4 Å². The first kappa shape index (κ1) is 22.5. The van der Waals surface area contributed by atoms with Crippen LogP contribution in [0.4, 0.5) is 11.4 Å². The van der Waals surface area contributed by atoms with Crippen LogP contribution < -0.4 is 29.6 Å². The third-order valence-corrected chi connectivity index (χ3v) is 4.21.